The summed E-state index contributed by atoms with van der Waals surface area (Å²) in [6.45, 7) is 0. The zero-order chi connectivity index (χ0) is 93.0. The van der Waals surface area contributed by atoms with Crippen LogP contribution >= 0.6 is 0 Å². The molecule has 0 radical (unpaired) electrons. The number of fused-ring (bicyclic) bond motifs is 9. The van der Waals surface area contributed by atoms with Gasteiger partial charge in [-0.2, -0.15) is 4.58 Å². The first-order chi connectivity index (χ1) is 69.4. The summed E-state index contributed by atoms with van der Waals surface area (Å²) in [7, 11) is 0. The quantitative estimate of drug-likeness (QED) is 0.0847. The molecule has 0 aliphatic carbocycles. The van der Waals surface area contributed by atoms with Gasteiger partial charge in [-0.05, 0) is 190 Å². The fourth-order valence-electron chi connectivity index (χ4n) is 19.7. The Kier molecular flexibility index (Phi) is 22.6. The smallest absolute Gasteiger partial charge is 0.309 e. The minimum atomic E-state index is -0.124. The Balaban J connectivity index is 0.000000114. The fourth-order valence-corrected chi connectivity index (χ4v) is 19.7. The standard InChI is InChI=1S/C46H31N3.C45H30N4.C39H28N3/c1-5-13-32(14-6-1)36-21-24-44-40(27-36)41-28-37(33-15-7-2-8-16-33)22-25-45(41)49(44)46-26-23-38(31-47-46)39-29-42(34-17-9-3-10-18-34)48-43(30-39)35-19-11-4-12-20-35;1-5-13-31(14-6-1)35-21-24-42-38(27-35)39-28-36(32-15-7-2-8-16-32)22-25-43(39)49(42)44-26-23-37(30-46-44)41-29-40(33-17-9-3-10-18-33)47-45(48-41)34-19-11-4-12-20-34;1-4-14-28(15-5-1)37-38(29-16-6-2-7-17-29)42(39(40-37)30-18-8-3-9-19-30)32-26-24-31(25-27-32)41-35-22-12-10-20-33(35)34-21-11-13-23-36(34)41/h1-31H;1-30H;1-27,37H/q;;+1. The van der Waals surface area contributed by atoms with E-state index in [1.54, 1.807) is 0 Å². The first-order valence-corrected chi connectivity index (χ1v) is 47.4. The summed E-state index contributed by atoms with van der Waals surface area (Å²) in [4.78, 5) is 30.6. The van der Waals surface area contributed by atoms with Crippen molar-refractivity contribution in [3.63, 3.8) is 0 Å². The zero-order valence-corrected chi connectivity index (χ0v) is 76.4. The third-order valence-corrected chi connectivity index (χ3v) is 26.5. The van der Waals surface area contributed by atoms with Crippen LogP contribution in [0.15, 0.2) is 539 Å². The van der Waals surface area contributed by atoms with E-state index in [9.17, 15) is 0 Å². The van der Waals surface area contributed by atoms with Gasteiger partial charge in [-0.25, -0.2) is 24.9 Å². The van der Waals surface area contributed by atoms with Gasteiger partial charge in [0.2, 0.25) is 6.04 Å². The number of para-hydroxylation sites is 2. The lowest BCUT2D eigenvalue weighted by Crippen LogP contribution is -2.22. The van der Waals surface area contributed by atoms with Gasteiger partial charge >= 0.3 is 5.84 Å². The van der Waals surface area contributed by atoms with Crippen LogP contribution < -0.4 is 0 Å². The third-order valence-electron chi connectivity index (χ3n) is 26.5. The van der Waals surface area contributed by atoms with Gasteiger partial charge in [-0.1, -0.05) is 387 Å². The molecule has 0 N–H and O–H groups in total. The van der Waals surface area contributed by atoms with Crippen molar-refractivity contribution in [1.29, 1.82) is 0 Å². The zero-order valence-electron chi connectivity index (χ0n) is 76.4. The Morgan fingerprint density at radius 2 is 0.500 bits per heavy atom. The second-order valence-corrected chi connectivity index (χ2v) is 35.0. The van der Waals surface area contributed by atoms with E-state index in [0.29, 0.717) is 5.82 Å². The van der Waals surface area contributed by atoms with Crippen LogP contribution in [0.25, 0.3) is 195 Å². The number of aromatic nitrogens is 8. The summed E-state index contributed by atoms with van der Waals surface area (Å²) >= 11 is 0. The van der Waals surface area contributed by atoms with Gasteiger partial charge in [0.15, 0.2) is 11.5 Å². The second-order valence-electron chi connectivity index (χ2n) is 35.0. The Morgan fingerprint density at radius 1 is 0.193 bits per heavy atom. The summed E-state index contributed by atoms with van der Waals surface area (Å²) in [5.41, 5.74) is 34.1. The van der Waals surface area contributed by atoms with Crippen molar-refractivity contribution in [3.8, 4) is 129 Å². The molecule has 10 heteroatoms. The highest BCUT2D eigenvalue weighted by Gasteiger charge is 2.41. The van der Waals surface area contributed by atoms with E-state index in [1.165, 1.54) is 93.4 Å². The van der Waals surface area contributed by atoms with E-state index in [2.05, 4.69) is 479 Å². The Labute approximate surface area is 811 Å². The molecule has 0 amide bonds. The van der Waals surface area contributed by atoms with E-state index >= 15 is 0 Å². The number of nitrogens with zero attached hydrogens (tertiary/aromatic N) is 10. The Bertz CT molecular complexity index is 8140. The summed E-state index contributed by atoms with van der Waals surface area (Å²) < 4.78 is 9.26. The molecule has 0 fully saturated rings. The van der Waals surface area contributed by atoms with Crippen LogP contribution in [0.4, 0.5) is 5.69 Å². The molecule has 0 saturated heterocycles. The Morgan fingerprint density at radius 3 is 0.879 bits per heavy atom. The van der Waals surface area contributed by atoms with Gasteiger partial charge in [0, 0.05) is 94.9 Å². The highest BCUT2D eigenvalue weighted by Crippen LogP contribution is 2.44. The molecule has 140 heavy (non-hydrogen) atoms. The predicted molar refractivity (Wildman–Crippen MR) is 578 cm³/mol. The maximum atomic E-state index is 5.40. The average Bonchev–Trinajstić information content (AvgIpc) is 1.59. The lowest BCUT2D eigenvalue weighted by atomic mass is 9.97. The third kappa shape index (κ3) is 16.6. The monoisotopic (exact) mass is 1790 g/mol. The summed E-state index contributed by atoms with van der Waals surface area (Å²) in [5, 5.41) is 7.32. The van der Waals surface area contributed by atoms with Crippen molar-refractivity contribution < 1.29 is 4.58 Å². The molecule has 0 bridgehead atoms. The van der Waals surface area contributed by atoms with Gasteiger partial charge in [0.05, 0.1) is 61.4 Å². The molecule has 8 heterocycles. The van der Waals surface area contributed by atoms with Crippen molar-refractivity contribution in [2.75, 3.05) is 0 Å². The van der Waals surface area contributed by atoms with E-state index in [-0.39, 0.29) is 6.04 Å². The molecule has 1 aliphatic rings. The lowest BCUT2D eigenvalue weighted by Gasteiger charge is -2.12. The molecule has 658 valence electrons. The summed E-state index contributed by atoms with van der Waals surface area (Å²) in [6, 6.07) is 183. The normalized spacial score (nSPS) is 12.4. The van der Waals surface area contributed by atoms with Gasteiger partial charge < -0.3 is 4.57 Å². The van der Waals surface area contributed by atoms with Crippen LogP contribution in [0.1, 0.15) is 22.7 Å². The van der Waals surface area contributed by atoms with Crippen LogP contribution in [0, 0.1) is 0 Å². The predicted octanol–water partition coefficient (Wildman–Crippen LogP) is 32.3. The largest absolute Gasteiger partial charge is 0.331 e. The number of benzene rings is 18. The maximum Gasteiger partial charge on any atom is 0.331 e. The molecule has 7 aromatic heterocycles. The molecule has 26 rings (SSSR count). The first kappa shape index (κ1) is 84.2. The number of hydrogen-bond acceptors (Lipinski definition) is 6. The highest BCUT2D eigenvalue weighted by molar-refractivity contribution is 6.15. The van der Waals surface area contributed by atoms with Gasteiger partial charge in [-0.15, -0.1) is 0 Å². The molecule has 0 spiro atoms. The molecule has 1 aliphatic heterocycles. The van der Waals surface area contributed by atoms with Crippen molar-refractivity contribution in [1.82, 2.24) is 38.6 Å². The first-order valence-electron chi connectivity index (χ1n) is 47.4. The summed E-state index contributed by atoms with van der Waals surface area (Å²) in [5.74, 6) is 3.37. The van der Waals surface area contributed by atoms with E-state index in [1.807, 2.05) is 73.1 Å². The van der Waals surface area contributed by atoms with E-state index < -0.39 is 0 Å². The molecule has 18 aromatic carbocycles. The number of hydrogen-bond donors (Lipinski definition) is 0. The minimum absolute atomic E-state index is 0.124. The van der Waals surface area contributed by atoms with Crippen LogP contribution in [0.3, 0.4) is 0 Å². The van der Waals surface area contributed by atoms with Crippen molar-refractivity contribution in [2.45, 2.75) is 6.04 Å². The van der Waals surface area contributed by atoms with Crippen LogP contribution in [0.5, 0.6) is 0 Å². The van der Waals surface area contributed by atoms with E-state index in [0.717, 1.165) is 129 Å². The molecule has 10 nitrogen and oxygen atoms in total. The van der Waals surface area contributed by atoms with Crippen LogP contribution in [-0.2, 0) is 0 Å². The lowest BCUT2D eigenvalue weighted by molar-refractivity contribution is -0.301. The van der Waals surface area contributed by atoms with Crippen LogP contribution in [0.2, 0.25) is 0 Å². The number of amidine groups is 1. The molecular weight excluding hydrogens is 1700 g/mol. The maximum absolute atomic E-state index is 5.40. The van der Waals surface area contributed by atoms with Gasteiger partial charge in [0.25, 0.3) is 0 Å². The van der Waals surface area contributed by atoms with Gasteiger partial charge in [0.1, 0.15) is 17.3 Å². The van der Waals surface area contributed by atoms with Crippen LogP contribution in [-0.4, -0.2) is 54.7 Å². The van der Waals surface area contributed by atoms with Crippen molar-refractivity contribution in [2.24, 2.45) is 4.99 Å². The molecule has 1 unspecified atom stereocenters. The van der Waals surface area contributed by atoms with Crippen molar-refractivity contribution in [3.05, 3.63) is 551 Å². The molecular formula is C130H89N10+. The Hall–Kier alpha value is -18.8. The van der Waals surface area contributed by atoms with E-state index in [4.69, 9.17) is 29.9 Å². The number of rotatable bonds is 17. The van der Waals surface area contributed by atoms with Gasteiger partial charge in [-0.3, -0.25) is 9.13 Å². The molecule has 0 saturated carbocycles. The molecule has 1 atom stereocenters. The second kappa shape index (κ2) is 37.6. The fraction of sp³-hybridized carbons (Fsp3) is 0.00769. The minimum Gasteiger partial charge on any atom is -0.309 e. The topological polar surface area (TPSA) is 94.6 Å². The number of pyridine rings is 3. The molecule has 25 aromatic rings. The van der Waals surface area contributed by atoms with Crippen molar-refractivity contribution >= 4 is 82.7 Å². The number of aliphatic imine (C=N–C) groups is 1. The highest BCUT2D eigenvalue weighted by atomic mass is 15.2. The SMILES string of the molecule is c1ccc(-c2ccc3c(c2)c2cc(-c4ccccc4)ccc2n3-c2ccc(-c3cc(-c4ccccc4)nc(-c4ccccc4)c3)cn2)cc1.c1ccc(-c2ccc3c(c2)c2cc(-c4ccccc4)ccc2n3-c2ccc(-c3cc(-c4ccccc4)nc(-c4ccccc4)n3)cn2)cc1.c1ccc(C2=NC(c3ccccc3)C(c3ccccc3)=[N+]2c2ccc(-n3c4ccccc4c4ccccc43)cc2)cc1. The average molecular weight is 1790 g/mol. The summed E-state index contributed by atoms with van der Waals surface area (Å²) in [6.07, 6.45) is 3.91.